The van der Waals surface area contributed by atoms with Crippen LogP contribution >= 0.6 is 0 Å². The van der Waals surface area contributed by atoms with Crippen LogP contribution in [0, 0.1) is 11.3 Å². The van der Waals surface area contributed by atoms with Crippen LogP contribution in [0.15, 0.2) is 35.9 Å². The van der Waals surface area contributed by atoms with E-state index in [0.29, 0.717) is 17.0 Å². The summed E-state index contributed by atoms with van der Waals surface area (Å²) in [4.78, 5) is 83.3. The maximum atomic E-state index is 14.0. The van der Waals surface area contributed by atoms with Gasteiger partial charge < -0.3 is 33.4 Å². The maximum absolute atomic E-state index is 14.0. The van der Waals surface area contributed by atoms with Crippen LogP contribution in [0.25, 0.3) is 22.0 Å². The highest BCUT2D eigenvalue weighted by Gasteiger charge is 2.65. The summed E-state index contributed by atoms with van der Waals surface area (Å²) in [5.74, 6) is -9.56. The van der Waals surface area contributed by atoms with Gasteiger partial charge in [-0.1, -0.05) is 18.2 Å². The van der Waals surface area contributed by atoms with E-state index in [-0.39, 0.29) is 10.6 Å². The number of hydrogen-bond acceptors (Lipinski definition) is 12. The van der Waals surface area contributed by atoms with E-state index in [1.165, 1.54) is 0 Å². The fourth-order valence-electron chi connectivity index (χ4n) is 4.81. The number of benzene rings is 1. The Hall–Kier alpha value is -4.94. The van der Waals surface area contributed by atoms with E-state index in [0.717, 1.165) is 42.7 Å². The number of aromatic nitrogens is 1. The summed E-state index contributed by atoms with van der Waals surface area (Å²) >= 11 is 0. The number of fused-ring (bicyclic) bond motifs is 3. The van der Waals surface area contributed by atoms with Crippen molar-refractivity contribution >= 4 is 57.9 Å². The minimum absolute atomic E-state index is 0.0805. The van der Waals surface area contributed by atoms with Crippen LogP contribution in [-0.2, 0) is 57.2 Å². The second-order valence-electron chi connectivity index (χ2n) is 8.02. The van der Waals surface area contributed by atoms with Crippen LogP contribution in [0.2, 0.25) is 0 Å². The van der Waals surface area contributed by atoms with Gasteiger partial charge in [-0.05, 0) is 6.07 Å². The fraction of sp³-hybridized carbons (Fsp3) is 0.308. The van der Waals surface area contributed by atoms with E-state index in [9.17, 15) is 28.8 Å². The Bertz CT molecular complexity index is 1550. The Labute approximate surface area is 220 Å². The molecule has 0 amide bonds. The monoisotopic (exact) mass is 543 g/mol. The first-order valence-electron chi connectivity index (χ1n) is 11.2. The third kappa shape index (κ3) is 4.31. The first kappa shape index (κ1) is 28.6. The van der Waals surface area contributed by atoms with Gasteiger partial charge >= 0.3 is 35.8 Å². The first-order valence-corrected chi connectivity index (χ1v) is 11.2. The summed E-state index contributed by atoms with van der Waals surface area (Å²) in [7, 11) is 5.83. The van der Waals surface area contributed by atoms with Crippen molar-refractivity contribution in [2.75, 3.05) is 42.7 Å². The van der Waals surface area contributed by atoms with Gasteiger partial charge in [0.15, 0.2) is 5.41 Å². The van der Waals surface area contributed by atoms with E-state index >= 15 is 0 Å². The third-order valence-electron chi connectivity index (χ3n) is 6.37. The predicted molar refractivity (Wildman–Crippen MR) is 130 cm³/mol. The van der Waals surface area contributed by atoms with Crippen LogP contribution in [0.4, 0.5) is 0 Å². The van der Waals surface area contributed by atoms with Gasteiger partial charge in [0.2, 0.25) is 0 Å². The Morgan fingerprint density at radius 2 is 1.44 bits per heavy atom. The van der Waals surface area contributed by atoms with Gasteiger partial charge in [0, 0.05) is 22.2 Å². The van der Waals surface area contributed by atoms with Crippen LogP contribution in [0.3, 0.4) is 0 Å². The summed E-state index contributed by atoms with van der Waals surface area (Å²) in [6.07, 6.45) is 0.566. The highest BCUT2D eigenvalue weighted by atomic mass is 16.5. The molecule has 206 valence electrons. The molecule has 0 spiro atoms. The molecule has 0 saturated heterocycles. The zero-order valence-electron chi connectivity index (χ0n) is 21.9. The number of para-hydroxylation sites is 1. The molecule has 3 rings (SSSR count). The molecule has 1 aliphatic rings. The molecule has 13 nitrogen and oxygen atoms in total. The molecular formula is C26H25NO12. The average molecular weight is 543 g/mol. The standard InChI is InChI=1S/C26H25NO12/c1-34-15(28)11-13(21(29)35-2)26(25(33)39-6)18(23(31)37-4)16-12-9-7-8-10-14(12)27-20(16)17(22(30)36-3)19(26)24(32)38-5/h7-11,19,27H,1-6H3/b13-11-. The van der Waals surface area contributed by atoms with Gasteiger partial charge in [0.25, 0.3) is 0 Å². The van der Waals surface area contributed by atoms with Gasteiger partial charge in [-0.25, -0.2) is 19.2 Å². The molecule has 0 fully saturated rings. The second-order valence-corrected chi connectivity index (χ2v) is 8.02. The molecule has 1 heterocycles. The maximum Gasteiger partial charge on any atom is 0.336 e. The van der Waals surface area contributed by atoms with Crippen molar-refractivity contribution < 1.29 is 57.2 Å². The van der Waals surface area contributed by atoms with Gasteiger partial charge in [-0.2, -0.15) is 0 Å². The third-order valence-corrected chi connectivity index (χ3v) is 6.37. The molecule has 1 aromatic heterocycles. The van der Waals surface area contributed by atoms with Crippen molar-refractivity contribution in [1.82, 2.24) is 4.98 Å². The predicted octanol–water partition coefficient (Wildman–Crippen LogP) is -0.950. The molecule has 0 saturated carbocycles. The minimum atomic E-state index is -2.86. The average Bonchev–Trinajstić information content (AvgIpc) is 3.35. The van der Waals surface area contributed by atoms with Crippen molar-refractivity contribution in [3.63, 3.8) is 0 Å². The van der Waals surface area contributed by atoms with E-state index in [1.807, 2.05) is 0 Å². The highest BCUT2D eigenvalue weighted by molar-refractivity contribution is 6.29. The Kier molecular flexibility index (Phi) is 8.23. The molecule has 2 atom stereocenters. The van der Waals surface area contributed by atoms with Crippen LogP contribution in [-0.4, -0.2) is 83.5 Å². The summed E-state index contributed by atoms with van der Waals surface area (Å²) in [5, 5.41) is 0.136. The minimum Gasteiger partial charge on any atom is -0.468 e. The number of carbonyl (C=O) groups excluding carboxylic acids is 6. The van der Waals surface area contributed by atoms with Crippen molar-refractivity contribution in [3.05, 3.63) is 46.5 Å². The number of H-pyrrole nitrogens is 1. The molecule has 1 aromatic carbocycles. The quantitative estimate of drug-likeness (QED) is 0.258. The van der Waals surface area contributed by atoms with Crippen molar-refractivity contribution in [3.8, 4) is 0 Å². The van der Waals surface area contributed by atoms with Crippen molar-refractivity contribution in [1.29, 1.82) is 0 Å². The van der Waals surface area contributed by atoms with Gasteiger partial charge in [0.1, 0.15) is 5.92 Å². The number of ether oxygens (including phenoxy) is 6. The first-order chi connectivity index (χ1) is 18.6. The molecular weight excluding hydrogens is 518 g/mol. The molecule has 0 bridgehead atoms. The number of hydrogen-bond donors (Lipinski definition) is 1. The second kappa shape index (κ2) is 11.2. The summed E-state index contributed by atoms with van der Waals surface area (Å²) < 4.78 is 29.5. The highest BCUT2D eigenvalue weighted by Crippen LogP contribution is 2.51. The van der Waals surface area contributed by atoms with Crippen LogP contribution < -0.4 is 10.6 Å². The zero-order chi connectivity index (χ0) is 29.1. The van der Waals surface area contributed by atoms with Crippen LogP contribution in [0.1, 0.15) is 0 Å². The number of aromatic amines is 1. The molecule has 39 heavy (non-hydrogen) atoms. The van der Waals surface area contributed by atoms with Gasteiger partial charge in [0.05, 0.1) is 64.7 Å². The molecule has 0 radical (unpaired) electrons. The normalized spacial score (nSPS) is 18.5. The lowest BCUT2D eigenvalue weighted by Crippen LogP contribution is -2.58. The number of nitrogens with one attached hydrogen (secondary N) is 1. The lowest BCUT2D eigenvalue weighted by Gasteiger charge is -2.40. The number of rotatable bonds is 7. The molecule has 2 unspecified atom stereocenters. The van der Waals surface area contributed by atoms with Gasteiger partial charge in [-0.15, -0.1) is 0 Å². The zero-order valence-corrected chi connectivity index (χ0v) is 21.9. The molecule has 1 N–H and O–H groups in total. The Morgan fingerprint density at radius 1 is 0.795 bits per heavy atom. The van der Waals surface area contributed by atoms with Crippen molar-refractivity contribution in [2.45, 2.75) is 0 Å². The summed E-state index contributed by atoms with van der Waals surface area (Å²) in [6, 6.07) is 6.43. The van der Waals surface area contributed by atoms with E-state index < -0.39 is 63.9 Å². The van der Waals surface area contributed by atoms with E-state index in [4.69, 9.17) is 23.7 Å². The Morgan fingerprint density at radius 3 is 1.97 bits per heavy atom. The van der Waals surface area contributed by atoms with Gasteiger partial charge in [-0.3, -0.25) is 9.59 Å². The van der Waals surface area contributed by atoms with E-state index in [2.05, 4.69) is 9.72 Å². The number of carbonyl (C=O) groups is 6. The Balaban J connectivity index is 2.90. The lowest BCUT2D eigenvalue weighted by atomic mass is 9.59. The smallest absolute Gasteiger partial charge is 0.336 e. The van der Waals surface area contributed by atoms with Crippen molar-refractivity contribution in [2.24, 2.45) is 11.3 Å². The summed E-state index contributed by atoms with van der Waals surface area (Å²) in [6.45, 7) is 0. The van der Waals surface area contributed by atoms with Crippen LogP contribution in [0.5, 0.6) is 0 Å². The molecule has 0 aliphatic heterocycles. The largest absolute Gasteiger partial charge is 0.468 e. The lowest BCUT2D eigenvalue weighted by molar-refractivity contribution is -0.161. The SMILES string of the molecule is COC(=O)/C=C(/C(=O)OC)C1(C(=O)OC)C(C(=O)OC)=c2c([nH]c3ccccc23)=C(C(=O)OC)C1C(=O)OC. The molecule has 13 heteroatoms. The summed E-state index contributed by atoms with van der Waals surface area (Å²) in [5.41, 5.74) is -4.44. The molecule has 2 aromatic rings. The topological polar surface area (TPSA) is 174 Å². The number of methoxy groups -OCH3 is 6. The van der Waals surface area contributed by atoms with E-state index in [1.54, 1.807) is 24.3 Å². The number of esters is 6. The molecule has 1 aliphatic carbocycles. The fourth-order valence-corrected chi connectivity index (χ4v) is 4.81.